The van der Waals surface area contributed by atoms with E-state index in [1.54, 1.807) is 11.0 Å². The third-order valence-electron chi connectivity index (χ3n) is 3.08. The third-order valence-corrected chi connectivity index (χ3v) is 3.08. The fourth-order valence-electron chi connectivity index (χ4n) is 2.02. The molecular formula is C12H21NO3. The van der Waals surface area contributed by atoms with Gasteiger partial charge in [0.2, 0.25) is 0 Å². The number of carbonyl (C=O) groups is 1. The largest absolute Gasteiger partial charge is 0.445 e. The maximum atomic E-state index is 11.5. The number of likely N-dealkylation sites (tertiary alicyclic amines) is 1. The van der Waals surface area contributed by atoms with Crippen LogP contribution in [0.2, 0.25) is 0 Å². The van der Waals surface area contributed by atoms with Crippen LogP contribution in [0.15, 0.2) is 12.7 Å². The van der Waals surface area contributed by atoms with Gasteiger partial charge in [-0.25, -0.2) is 4.79 Å². The summed E-state index contributed by atoms with van der Waals surface area (Å²) in [5.74, 6) is 0.327. The summed E-state index contributed by atoms with van der Waals surface area (Å²) in [6, 6.07) is 0. The molecule has 1 amide bonds. The molecule has 1 aliphatic heterocycles. The van der Waals surface area contributed by atoms with Crippen molar-refractivity contribution in [1.29, 1.82) is 0 Å². The standard InChI is InChI=1S/C12H21NO3/c1-3-9-16-12(15)13-7-5-10(6-8-13)11(14)4-2/h3,10-11,14H,1,4-9H2,2H3. The number of hydrogen-bond acceptors (Lipinski definition) is 3. The average molecular weight is 227 g/mol. The summed E-state index contributed by atoms with van der Waals surface area (Å²) in [4.78, 5) is 13.2. The van der Waals surface area contributed by atoms with E-state index < -0.39 is 0 Å². The monoisotopic (exact) mass is 227 g/mol. The van der Waals surface area contributed by atoms with Gasteiger partial charge in [-0.3, -0.25) is 0 Å². The lowest BCUT2D eigenvalue weighted by Gasteiger charge is -2.33. The van der Waals surface area contributed by atoms with Crippen LogP contribution in [0.5, 0.6) is 0 Å². The first kappa shape index (κ1) is 13.0. The van der Waals surface area contributed by atoms with Gasteiger partial charge in [-0.15, -0.1) is 0 Å². The second-order valence-corrected chi connectivity index (χ2v) is 4.17. The summed E-state index contributed by atoms with van der Waals surface area (Å²) >= 11 is 0. The first-order valence-electron chi connectivity index (χ1n) is 5.89. The molecule has 1 heterocycles. The lowest BCUT2D eigenvalue weighted by molar-refractivity contribution is 0.0487. The zero-order valence-electron chi connectivity index (χ0n) is 9.89. The maximum Gasteiger partial charge on any atom is 0.410 e. The Kier molecular flexibility index (Phi) is 5.32. The molecule has 1 rings (SSSR count). The Labute approximate surface area is 96.9 Å². The van der Waals surface area contributed by atoms with Crippen molar-refractivity contribution >= 4 is 6.09 Å². The highest BCUT2D eigenvalue weighted by Gasteiger charge is 2.26. The molecule has 0 aromatic heterocycles. The van der Waals surface area contributed by atoms with Gasteiger partial charge >= 0.3 is 6.09 Å². The van der Waals surface area contributed by atoms with Crippen molar-refractivity contribution in [3.05, 3.63) is 12.7 Å². The van der Waals surface area contributed by atoms with E-state index in [2.05, 4.69) is 6.58 Å². The molecule has 0 aliphatic carbocycles. The van der Waals surface area contributed by atoms with E-state index in [-0.39, 0.29) is 18.8 Å². The van der Waals surface area contributed by atoms with Gasteiger partial charge < -0.3 is 14.7 Å². The Hall–Kier alpha value is -1.03. The predicted octanol–water partition coefficient (Wildman–Crippen LogP) is 1.79. The average Bonchev–Trinajstić information content (AvgIpc) is 2.35. The zero-order chi connectivity index (χ0) is 12.0. The number of rotatable bonds is 4. The lowest BCUT2D eigenvalue weighted by atomic mass is 9.90. The van der Waals surface area contributed by atoms with Gasteiger partial charge in [-0.1, -0.05) is 19.6 Å². The topological polar surface area (TPSA) is 49.8 Å². The van der Waals surface area contributed by atoms with Gasteiger partial charge in [0.05, 0.1) is 6.10 Å². The molecular weight excluding hydrogens is 206 g/mol. The first-order valence-corrected chi connectivity index (χ1v) is 5.89. The number of amides is 1. The molecule has 4 nitrogen and oxygen atoms in total. The Morgan fingerprint density at radius 3 is 2.75 bits per heavy atom. The second-order valence-electron chi connectivity index (χ2n) is 4.17. The van der Waals surface area contributed by atoms with Crippen molar-refractivity contribution in [2.24, 2.45) is 5.92 Å². The SMILES string of the molecule is C=CCOC(=O)N1CCC(C(O)CC)CC1. The molecule has 16 heavy (non-hydrogen) atoms. The van der Waals surface area contributed by atoms with Crippen molar-refractivity contribution in [1.82, 2.24) is 4.90 Å². The molecule has 1 saturated heterocycles. The molecule has 0 bridgehead atoms. The summed E-state index contributed by atoms with van der Waals surface area (Å²) in [6.07, 6.45) is 3.56. The maximum absolute atomic E-state index is 11.5. The Morgan fingerprint density at radius 1 is 1.62 bits per heavy atom. The van der Waals surface area contributed by atoms with E-state index in [0.717, 1.165) is 19.3 Å². The smallest absolute Gasteiger partial charge is 0.410 e. The summed E-state index contributed by atoms with van der Waals surface area (Å²) in [5, 5.41) is 9.70. The zero-order valence-corrected chi connectivity index (χ0v) is 9.89. The molecule has 1 N–H and O–H groups in total. The van der Waals surface area contributed by atoms with Crippen LogP contribution < -0.4 is 0 Å². The van der Waals surface area contributed by atoms with Crippen LogP contribution in [0.25, 0.3) is 0 Å². The van der Waals surface area contributed by atoms with Gasteiger partial charge in [-0.05, 0) is 25.2 Å². The summed E-state index contributed by atoms with van der Waals surface area (Å²) in [7, 11) is 0. The van der Waals surface area contributed by atoms with Gasteiger partial charge in [0, 0.05) is 13.1 Å². The van der Waals surface area contributed by atoms with Crippen LogP contribution in [0.4, 0.5) is 4.79 Å². The number of hydrogen-bond donors (Lipinski definition) is 1. The lowest BCUT2D eigenvalue weighted by Crippen LogP contribution is -2.41. The van der Waals surface area contributed by atoms with Crippen LogP contribution in [0.1, 0.15) is 26.2 Å². The molecule has 0 radical (unpaired) electrons. The van der Waals surface area contributed by atoms with E-state index >= 15 is 0 Å². The summed E-state index contributed by atoms with van der Waals surface area (Å²) in [6.45, 7) is 7.09. The number of carbonyl (C=O) groups excluding carboxylic acids is 1. The second kappa shape index (κ2) is 6.53. The molecule has 0 aromatic carbocycles. The van der Waals surface area contributed by atoms with Gasteiger partial charge in [-0.2, -0.15) is 0 Å². The van der Waals surface area contributed by atoms with Gasteiger partial charge in [0.1, 0.15) is 6.61 Å². The first-order chi connectivity index (χ1) is 7.69. The molecule has 1 atom stereocenters. The van der Waals surface area contributed by atoms with Crippen molar-refractivity contribution in [3.63, 3.8) is 0 Å². The molecule has 92 valence electrons. The molecule has 1 aliphatic rings. The molecule has 1 unspecified atom stereocenters. The number of aliphatic hydroxyl groups excluding tert-OH is 1. The van der Waals surface area contributed by atoms with Crippen molar-refractivity contribution in [2.45, 2.75) is 32.3 Å². The minimum absolute atomic E-state index is 0.230. The Bertz CT molecular complexity index is 234. The summed E-state index contributed by atoms with van der Waals surface area (Å²) < 4.78 is 4.96. The highest BCUT2D eigenvalue weighted by molar-refractivity contribution is 5.67. The number of aliphatic hydroxyl groups is 1. The molecule has 0 aromatic rings. The number of ether oxygens (including phenoxy) is 1. The van der Waals surface area contributed by atoms with Gasteiger partial charge in [0.25, 0.3) is 0 Å². The Balaban J connectivity index is 2.31. The van der Waals surface area contributed by atoms with E-state index in [0.29, 0.717) is 19.0 Å². The predicted molar refractivity (Wildman–Crippen MR) is 62.1 cm³/mol. The van der Waals surface area contributed by atoms with E-state index in [1.807, 2.05) is 6.92 Å². The van der Waals surface area contributed by atoms with Crippen LogP contribution in [-0.4, -0.2) is 41.9 Å². The van der Waals surface area contributed by atoms with Crippen LogP contribution in [0, 0.1) is 5.92 Å². The Morgan fingerprint density at radius 2 is 2.25 bits per heavy atom. The van der Waals surface area contributed by atoms with Crippen LogP contribution in [-0.2, 0) is 4.74 Å². The van der Waals surface area contributed by atoms with Crippen molar-refractivity contribution < 1.29 is 14.6 Å². The quantitative estimate of drug-likeness (QED) is 0.745. The molecule has 1 fully saturated rings. The van der Waals surface area contributed by atoms with Crippen molar-refractivity contribution in [3.8, 4) is 0 Å². The van der Waals surface area contributed by atoms with Crippen LogP contribution >= 0.6 is 0 Å². The third kappa shape index (κ3) is 3.52. The molecule has 0 saturated carbocycles. The normalized spacial score (nSPS) is 19.2. The van der Waals surface area contributed by atoms with E-state index in [4.69, 9.17) is 4.74 Å². The highest BCUT2D eigenvalue weighted by atomic mass is 16.6. The van der Waals surface area contributed by atoms with E-state index in [1.165, 1.54) is 0 Å². The number of nitrogens with zero attached hydrogens (tertiary/aromatic N) is 1. The minimum Gasteiger partial charge on any atom is -0.445 e. The minimum atomic E-state index is -0.274. The fourth-order valence-corrected chi connectivity index (χ4v) is 2.02. The number of piperidine rings is 1. The summed E-state index contributed by atoms with van der Waals surface area (Å²) in [5.41, 5.74) is 0. The van der Waals surface area contributed by atoms with Crippen molar-refractivity contribution in [2.75, 3.05) is 19.7 Å². The van der Waals surface area contributed by atoms with Crippen LogP contribution in [0.3, 0.4) is 0 Å². The van der Waals surface area contributed by atoms with Gasteiger partial charge in [0.15, 0.2) is 0 Å². The highest BCUT2D eigenvalue weighted by Crippen LogP contribution is 2.22. The molecule has 4 heteroatoms. The van der Waals surface area contributed by atoms with E-state index in [9.17, 15) is 9.90 Å². The fraction of sp³-hybridized carbons (Fsp3) is 0.750. The molecule has 0 spiro atoms.